The van der Waals surface area contributed by atoms with Crippen LogP contribution in [0.2, 0.25) is 0 Å². The van der Waals surface area contributed by atoms with Crippen molar-refractivity contribution in [2.75, 3.05) is 12.3 Å². The van der Waals surface area contributed by atoms with Gasteiger partial charge in [-0.1, -0.05) is 42.1 Å². The van der Waals surface area contributed by atoms with Gasteiger partial charge >= 0.3 is 5.97 Å². The lowest BCUT2D eigenvalue weighted by Gasteiger charge is -2.53. The number of nitrogens with zero attached hydrogens (tertiary/aromatic N) is 3. The van der Waals surface area contributed by atoms with Gasteiger partial charge in [0.25, 0.3) is 0 Å². The van der Waals surface area contributed by atoms with Gasteiger partial charge in [-0.2, -0.15) is 5.10 Å². The number of benzene rings is 2. The fraction of sp³-hybridized carbons (Fsp3) is 0.250. The molecule has 2 aromatic carbocycles. The van der Waals surface area contributed by atoms with E-state index in [2.05, 4.69) is 10.4 Å². The lowest BCUT2D eigenvalue weighted by atomic mass is 10.0. The predicted octanol–water partition coefficient (Wildman–Crippen LogP) is 2.57. The molecule has 0 saturated carbocycles. The van der Waals surface area contributed by atoms with Gasteiger partial charge in [-0.05, 0) is 35.9 Å². The van der Waals surface area contributed by atoms with Crippen molar-refractivity contribution in [3.8, 4) is 5.69 Å². The summed E-state index contributed by atoms with van der Waals surface area (Å²) in [6, 6.07) is 16.0. The van der Waals surface area contributed by atoms with Crippen LogP contribution in [0.4, 0.5) is 4.39 Å². The third-order valence-electron chi connectivity index (χ3n) is 5.95. The van der Waals surface area contributed by atoms with Crippen LogP contribution in [0, 0.1) is 5.82 Å². The molecule has 8 nitrogen and oxygen atoms in total. The van der Waals surface area contributed by atoms with E-state index in [1.807, 2.05) is 30.3 Å². The Bertz CT molecular complexity index is 1270. The number of carboxylic acids is 1. The van der Waals surface area contributed by atoms with Crippen molar-refractivity contribution < 1.29 is 23.9 Å². The highest BCUT2D eigenvalue weighted by molar-refractivity contribution is 8.05. The second kappa shape index (κ2) is 9.38. The smallest absolute Gasteiger partial charge is 0.322 e. The van der Waals surface area contributed by atoms with Crippen molar-refractivity contribution in [2.45, 2.75) is 27.6 Å². The molecule has 5 rings (SSSR count). The molecule has 3 heterocycles. The minimum Gasteiger partial charge on any atom is -0.480 e. The summed E-state index contributed by atoms with van der Waals surface area (Å²) in [4.78, 5) is 39.2. The number of β-lactam (4-membered cyclic amide) rings is 1. The Kier molecular flexibility index (Phi) is 6.28. The average Bonchev–Trinajstić information content (AvgIpc) is 3.31. The van der Waals surface area contributed by atoms with Gasteiger partial charge in [-0.25, -0.2) is 9.07 Å². The fourth-order valence-corrected chi connectivity index (χ4v) is 7.03. The van der Waals surface area contributed by atoms with Gasteiger partial charge in [-0.3, -0.25) is 14.4 Å². The lowest BCUT2D eigenvalue weighted by Crippen LogP contribution is -2.74. The third kappa shape index (κ3) is 4.53. The number of thioether (sulfide) groups is 2. The standard InChI is InChI=1S/C24H21FN4O4S2/c25-16-6-8-17(9-7-16)29-19(10-11-26-29)35-24(23(32)33)13-28-21(31)20(22(28)34-14-24)27-18(30)12-15-4-2-1-3-5-15/h1-11,20,22H,12-14H2,(H,27,30)(H,32,33)/t20-,22-,24?/m1/s1. The SMILES string of the molecule is O=C(Cc1ccccc1)N[C@@H]1C(=O)N2CC(Sc3ccnn3-c3ccc(F)cc3)(C(=O)O)CS[C@H]12. The maximum atomic E-state index is 13.3. The van der Waals surface area contributed by atoms with Crippen LogP contribution in [-0.2, 0) is 20.8 Å². The van der Waals surface area contributed by atoms with Gasteiger partial charge in [0, 0.05) is 12.3 Å². The summed E-state index contributed by atoms with van der Waals surface area (Å²) in [5.74, 6) is -1.72. The number of carbonyl (C=O) groups excluding carboxylic acids is 2. The Hall–Kier alpha value is -3.31. The summed E-state index contributed by atoms with van der Waals surface area (Å²) in [5.41, 5.74) is 1.45. The van der Waals surface area contributed by atoms with Crippen molar-refractivity contribution in [3.63, 3.8) is 0 Å². The van der Waals surface area contributed by atoms with E-state index in [0.717, 1.165) is 17.3 Å². The number of halogens is 1. The van der Waals surface area contributed by atoms with Crippen LogP contribution in [0.15, 0.2) is 71.9 Å². The highest BCUT2D eigenvalue weighted by Crippen LogP contribution is 2.46. The maximum absolute atomic E-state index is 13.3. The first-order valence-corrected chi connectivity index (χ1v) is 12.7. The minimum atomic E-state index is -1.30. The molecule has 1 unspecified atom stereocenters. The molecular formula is C24H21FN4O4S2. The van der Waals surface area contributed by atoms with Gasteiger partial charge < -0.3 is 15.3 Å². The Morgan fingerprint density at radius 1 is 1.17 bits per heavy atom. The van der Waals surface area contributed by atoms with Gasteiger partial charge in [0.15, 0.2) is 0 Å². The Balaban J connectivity index is 1.28. The van der Waals surface area contributed by atoms with Crippen molar-refractivity contribution in [2.24, 2.45) is 0 Å². The molecule has 2 aliphatic rings. The fourth-order valence-electron chi connectivity index (χ4n) is 4.14. The van der Waals surface area contributed by atoms with E-state index in [1.54, 1.807) is 29.1 Å². The number of aromatic nitrogens is 2. The summed E-state index contributed by atoms with van der Waals surface area (Å²) >= 11 is 2.46. The van der Waals surface area contributed by atoms with Gasteiger partial charge in [-0.15, -0.1) is 11.8 Å². The van der Waals surface area contributed by atoms with Crippen molar-refractivity contribution >= 4 is 41.3 Å². The zero-order valence-electron chi connectivity index (χ0n) is 18.3. The van der Waals surface area contributed by atoms with Crippen molar-refractivity contribution in [1.82, 2.24) is 20.0 Å². The van der Waals surface area contributed by atoms with Crippen LogP contribution < -0.4 is 5.32 Å². The van der Waals surface area contributed by atoms with Gasteiger partial charge in [0.1, 0.15) is 27.0 Å². The lowest BCUT2D eigenvalue weighted by molar-refractivity contribution is -0.152. The van der Waals surface area contributed by atoms with E-state index in [1.165, 1.54) is 28.8 Å². The van der Waals surface area contributed by atoms with E-state index >= 15 is 0 Å². The van der Waals surface area contributed by atoms with Crippen molar-refractivity contribution in [1.29, 1.82) is 0 Å². The molecule has 0 radical (unpaired) electrons. The number of hydrogen-bond acceptors (Lipinski definition) is 6. The van der Waals surface area contributed by atoms with Crippen LogP contribution in [0.1, 0.15) is 5.56 Å². The molecule has 180 valence electrons. The molecule has 1 aromatic heterocycles. The highest BCUT2D eigenvalue weighted by Gasteiger charge is 2.58. The highest BCUT2D eigenvalue weighted by atomic mass is 32.2. The van der Waals surface area contributed by atoms with Crippen LogP contribution in [-0.4, -0.2) is 66.0 Å². The van der Waals surface area contributed by atoms with Crippen LogP contribution >= 0.6 is 23.5 Å². The Morgan fingerprint density at radius 3 is 2.63 bits per heavy atom. The molecule has 3 atom stereocenters. The average molecular weight is 513 g/mol. The number of aliphatic carboxylic acids is 1. The van der Waals surface area contributed by atoms with Crippen molar-refractivity contribution in [3.05, 3.63) is 78.2 Å². The quantitative estimate of drug-likeness (QED) is 0.469. The summed E-state index contributed by atoms with van der Waals surface area (Å²) in [7, 11) is 0. The van der Waals surface area contributed by atoms with E-state index in [9.17, 15) is 23.9 Å². The number of hydrogen-bond donors (Lipinski definition) is 2. The molecule has 3 aromatic rings. The predicted molar refractivity (Wildman–Crippen MR) is 130 cm³/mol. The maximum Gasteiger partial charge on any atom is 0.322 e. The number of amides is 2. The Morgan fingerprint density at radius 2 is 1.91 bits per heavy atom. The summed E-state index contributed by atoms with van der Waals surface area (Å²) in [6.45, 7) is 0.00313. The van der Waals surface area contributed by atoms with Gasteiger partial charge in [0.2, 0.25) is 11.8 Å². The third-order valence-corrected chi connectivity index (χ3v) is 9.01. The van der Waals surface area contributed by atoms with Crippen LogP contribution in [0.25, 0.3) is 5.69 Å². The second-order valence-electron chi connectivity index (χ2n) is 8.33. The number of fused-ring (bicyclic) bond motifs is 1. The van der Waals surface area contributed by atoms with Crippen LogP contribution in [0.5, 0.6) is 0 Å². The number of carbonyl (C=O) groups is 3. The molecule has 0 aliphatic carbocycles. The molecule has 2 N–H and O–H groups in total. The molecule has 0 spiro atoms. The number of nitrogens with one attached hydrogen (secondary N) is 1. The molecule has 2 aliphatic heterocycles. The largest absolute Gasteiger partial charge is 0.480 e. The second-order valence-corrected chi connectivity index (χ2v) is 10.8. The molecule has 35 heavy (non-hydrogen) atoms. The minimum absolute atomic E-state index is 0.00313. The first kappa shape index (κ1) is 23.4. The molecule has 11 heteroatoms. The van der Waals surface area contributed by atoms with Gasteiger partial charge in [0.05, 0.1) is 18.3 Å². The van der Waals surface area contributed by atoms with E-state index < -0.39 is 16.8 Å². The molecule has 0 bridgehead atoms. The number of carboxylic acid groups (broad SMARTS) is 1. The van der Waals surface area contributed by atoms with E-state index in [0.29, 0.717) is 10.7 Å². The zero-order valence-corrected chi connectivity index (χ0v) is 20.0. The Labute approximate surface area is 208 Å². The topological polar surface area (TPSA) is 105 Å². The van der Waals surface area contributed by atoms with Crippen LogP contribution in [0.3, 0.4) is 0 Å². The van der Waals surface area contributed by atoms with E-state index in [-0.39, 0.29) is 41.7 Å². The zero-order chi connectivity index (χ0) is 24.6. The number of rotatable bonds is 7. The molecular weight excluding hydrogens is 491 g/mol. The first-order chi connectivity index (χ1) is 16.9. The first-order valence-electron chi connectivity index (χ1n) is 10.8. The molecule has 2 amide bonds. The summed E-state index contributed by atoms with van der Waals surface area (Å²) in [6.07, 6.45) is 1.72. The van der Waals surface area contributed by atoms with E-state index in [4.69, 9.17) is 0 Å². The summed E-state index contributed by atoms with van der Waals surface area (Å²) < 4.78 is 13.6. The summed E-state index contributed by atoms with van der Waals surface area (Å²) in [5, 5.41) is 17.5. The monoisotopic (exact) mass is 512 g/mol. The molecule has 2 fully saturated rings. The molecule has 2 saturated heterocycles. The normalized spacial score (nSPS) is 23.3.